The molecule has 3 rings (SSSR count). The summed E-state index contributed by atoms with van der Waals surface area (Å²) in [5.41, 5.74) is 0. The van der Waals surface area contributed by atoms with Gasteiger partial charge in [0.2, 0.25) is 23.6 Å². The fourth-order valence-electron chi connectivity index (χ4n) is 9.52. The number of hydrogen-bond acceptors (Lipinski definition) is 10. The standard InChI is InChI=1S/C46H81N7O8/c1-13-31(6)41(51(10)45(57)39(29(2)3)49-44(56)40(30(4)5)50(9)25-26-52-23-20-47-21-24-52)37(60-11)28-38(54)53-22-16-19-36(53)42(61-12)33(8)43(55)48-35(46(58)59)27-34-18-15-14-17-32(34)7/h14-15,17-18,29-37,39-42,47H,13,16,19-28H2,1-12H3,(H,48,55)(H,49,56)(H,58,59)/t31-,32?,33+,34?,35-,36-,37+,39-,40-,41-,42+/m0/s1. The quantitative estimate of drug-likeness (QED) is 0.112. The van der Waals surface area contributed by atoms with Crippen LogP contribution in [0.25, 0.3) is 0 Å². The van der Waals surface area contributed by atoms with E-state index in [9.17, 15) is 29.1 Å². The summed E-state index contributed by atoms with van der Waals surface area (Å²) < 4.78 is 12.0. The highest BCUT2D eigenvalue weighted by molar-refractivity contribution is 5.90. The number of hydrogen-bond donors (Lipinski definition) is 4. The van der Waals surface area contributed by atoms with Crippen LogP contribution >= 0.6 is 0 Å². The average molecular weight is 860 g/mol. The van der Waals surface area contributed by atoms with Crippen molar-refractivity contribution < 1.29 is 38.6 Å². The Balaban J connectivity index is 1.74. The normalized spacial score (nSPS) is 23.6. The van der Waals surface area contributed by atoms with E-state index in [2.05, 4.69) is 25.8 Å². The van der Waals surface area contributed by atoms with E-state index in [4.69, 9.17) is 9.47 Å². The Bertz CT molecular complexity index is 1490. The second-order valence-corrected chi connectivity index (χ2v) is 18.5. The van der Waals surface area contributed by atoms with Gasteiger partial charge in [-0.1, -0.05) is 86.1 Å². The molecule has 2 unspecified atom stereocenters. The van der Waals surface area contributed by atoms with Crippen LogP contribution in [0, 0.1) is 35.5 Å². The minimum absolute atomic E-state index is 0.00866. The molecule has 2 heterocycles. The van der Waals surface area contributed by atoms with Crippen LogP contribution in [0.3, 0.4) is 0 Å². The average Bonchev–Trinajstić information content (AvgIpc) is 3.71. The van der Waals surface area contributed by atoms with E-state index in [-0.39, 0.29) is 60.2 Å². The lowest BCUT2D eigenvalue weighted by Gasteiger charge is -2.41. The third-order valence-corrected chi connectivity index (χ3v) is 13.5. The number of allylic oxidation sites excluding steroid dienone is 4. The van der Waals surface area contributed by atoms with Crippen LogP contribution in [0.4, 0.5) is 0 Å². The van der Waals surface area contributed by atoms with Gasteiger partial charge in [-0.2, -0.15) is 0 Å². The van der Waals surface area contributed by atoms with Gasteiger partial charge in [0.1, 0.15) is 12.1 Å². The van der Waals surface area contributed by atoms with Gasteiger partial charge < -0.3 is 40.3 Å². The molecule has 2 aliphatic heterocycles. The molecule has 4 amide bonds. The third-order valence-electron chi connectivity index (χ3n) is 13.5. The van der Waals surface area contributed by atoms with Gasteiger partial charge in [0, 0.05) is 67.1 Å². The van der Waals surface area contributed by atoms with E-state index in [1.54, 1.807) is 30.9 Å². The molecule has 2 fully saturated rings. The first-order chi connectivity index (χ1) is 28.9. The van der Waals surface area contributed by atoms with E-state index >= 15 is 0 Å². The number of ether oxygens (including phenoxy) is 2. The molecular weight excluding hydrogens is 779 g/mol. The van der Waals surface area contributed by atoms with Crippen molar-refractivity contribution in [1.82, 2.24) is 35.6 Å². The van der Waals surface area contributed by atoms with Crippen molar-refractivity contribution in [2.24, 2.45) is 35.5 Å². The number of rotatable bonds is 24. The van der Waals surface area contributed by atoms with Crippen LogP contribution in [0.2, 0.25) is 0 Å². The molecular formula is C46H81N7O8. The maximum atomic E-state index is 14.5. The SMILES string of the molecule is CC[C@H](C)[C@@H]([C@@H](CC(=O)N1CCC[C@H]1[C@H](OC)[C@@H](C)C(=O)N[C@@H](CC1C=CC=CC1C)C(=O)O)OC)N(C)C(=O)[C@@H](NC(=O)[C@H](C(C)C)N(C)CCN1CCNCC1)C(C)C. The first-order valence-electron chi connectivity index (χ1n) is 22.8. The molecule has 4 N–H and O–H groups in total. The fraction of sp³-hybridized carbons (Fsp3) is 0.804. The summed E-state index contributed by atoms with van der Waals surface area (Å²) >= 11 is 0. The smallest absolute Gasteiger partial charge is 0.326 e. The van der Waals surface area contributed by atoms with Gasteiger partial charge >= 0.3 is 5.97 Å². The van der Waals surface area contributed by atoms with Crippen molar-refractivity contribution in [1.29, 1.82) is 0 Å². The van der Waals surface area contributed by atoms with Crippen molar-refractivity contribution in [3.8, 4) is 0 Å². The number of carbonyl (C=O) groups excluding carboxylic acids is 4. The van der Waals surface area contributed by atoms with Crippen LogP contribution in [-0.2, 0) is 33.4 Å². The summed E-state index contributed by atoms with van der Waals surface area (Å²) in [5, 5.41) is 19.3. The maximum Gasteiger partial charge on any atom is 0.326 e. The van der Waals surface area contributed by atoms with Gasteiger partial charge in [-0.15, -0.1) is 0 Å². The van der Waals surface area contributed by atoms with Crippen molar-refractivity contribution in [3.05, 3.63) is 24.3 Å². The minimum Gasteiger partial charge on any atom is -0.480 e. The molecule has 348 valence electrons. The molecule has 15 nitrogen and oxygen atoms in total. The van der Waals surface area contributed by atoms with Crippen molar-refractivity contribution in [2.75, 3.05) is 74.1 Å². The molecule has 0 saturated carbocycles. The molecule has 0 bridgehead atoms. The van der Waals surface area contributed by atoms with E-state index < -0.39 is 60.2 Å². The number of carbonyl (C=O) groups is 5. The Kier molecular flexibility index (Phi) is 21.4. The molecule has 0 spiro atoms. The van der Waals surface area contributed by atoms with Crippen molar-refractivity contribution >= 4 is 29.6 Å². The maximum absolute atomic E-state index is 14.5. The predicted octanol–water partition coefficient (Wildman–Crippen LogP) is 3.25. The molecule has 0 aromatic heterocycles. The zero-order chi connectivity index (χ0) is 45.6. The number of carboxylic acid groups (broad SMARTS) is 1. The Labute approximate surface area is 366 Å². The number of piperazine rings is 1. The number of likely N-dealkylation sites (N-methyl/N-ethyl adjacent to an activating group) is 2. The van der Waals surface area contributed by atoms with Crippen LogP contribution in [0.5, 0.6) is 0 Å². The number of aliphatic carboxylic acids is 1. The van der Waals surface area contributed by atoms with Crippen molar-refractivity contribution in [3.63, 3.8) is 0 Å². The van der Waals surface area contributed by atoms with Crippen LogP contribution < -0.4 is 16.0 Å². The zero-order valence-electron chi connectivity index (χ0n) is 39.4. The van der Waals surface area contributed by atoms with Gasteiger partial charge in [-0.3, -0.25) is 29.0 Å². The summed E-state index contributed by atoms with van der Waals surface area (Å²) in [5.74, 6) is -3.00. The van der Waals surface area contributed by atoms with Crippen LogP contribution in [0.1, 0.15) is 87.5 Å². The van der Waals surface area contributed by atoms with E-state index in [0.29, 0.717) is 19.4 Å². The monoisotopic (exact) mass is 860 g/mol. The van der Waals surface area contributed by atoms with E-state index in [0.717, 1.165) is 45.7 Å². The van der Waals surface area contributed by atoms with Crippen LogP contribution in [-0.4, -0.2) is 171 Å². The summed E-state index contributed by atoms with van der Waals surface area (Å²) in [7, 11) is 6.79. The van der Waals surface area contributed by atoms with E-state index in [1.165, 1.54) is 7.11 Å². The second-order valence-electron chi connectivity index (χ2n) is 18.5. The van der Waals surface area contributed by atoms with Gasteiger partial charge in [0.15, 0.2) is 0 Å². The highest BCUT2D eigenvalue weighted by atomic mass is 16.5. The Morgan fingerprint density at radius 1 is 0.902 bits per heavy atom. The van der Waals surface area contributed by atoms with Gasteiger partial charge in [-0.05, 0) is 55.9 Å². The largest absolute Gasteiger partial charge is 0.480 e. The topological polar surface area (TPSA) is 173 Å². The first kappa shape index (κ1) is 52.0. The molecule has 11 atom stereocenters. The molecule has 1 aliphatic carbocycles. The molecule has 3 aliphatic rings. The molecule has 0 aromatic carbocycles. The van der Waals surface area contributed by atoms with Gasteiger partial charge in [-0.25, -0.2) is 4.79 Å². The molecule has 61 heavy (non-hydrogen) atoms. The summed E-state index contributed by atoms with van der Waals surface area (Å²) in [6.07, 6.45) is 8.79. The lowest BCUT2D eigenvalue weighted by atomic mass is 9.85. The lowest BCUT2D eigenvalue weighted by Crippen LogP contribution is -2.60. The number of amides is 4. The molecule has 0 radical (unpaired) electrons. The number of nitrogens with one attached hydrogen (secondary N) is 3. The van der Waals surface area contributed by atoms with Crippen LogP contribution in [0.15, 0.2) is 24.3 Å². The summed E-state index contributed by atoms with van der Waals surface area (Å²) in [4.78, 5) is 76.8. The molecule has 2 saturated heterocycles. The van der Waals surface area contributed by atoms with Gasteiger partial charge in [0.05, 0.1) is 42.7 Å². The first-order valence-corrected chi connectivity index (χ1v) is 22.8. The zero-order valence-corrected chi connectivity index (χ0v) is 39.4. The Hall–Kier alpha value is -3.37. The highest BCUT2D eigenvalue weighted by Gasteiger charge is 2.44. The lowest BCUT2D eigenvalue weighted by molar-refractivity contribution is -0.148. The summed E-state index contributed by atoms with van der Waals surface area (Å²) in [6.45, 7) is 21.7. The Morgan fingerprint density at radius 3 is 2.11 bits per heavy atom. The molecule has 0 aromatic rings. The van der Waals surface area contributed by atoms with E-state index in [1.807, 2.05) is 79.8 Å². The number of likely N-dealkylation sites (tertiary alicyclic amines) is 1. The predicted molar refractivity (Wildman–Crippen MR) is 239 cm³/mol. The van der Waals surface area contributed by atoms with Crippen molar-refractivity contribution in [2.45, 2.75) is 130 Å². The van der Waals surface area contributed by atoms with Gasteiger partial charge in [0.25, 0.3) is 0 Å². The number of carboxylic acids is 1. The number of nitrogens with zero attached hydrogens (tertiary/aromatic N) is 4. The Morgan fingerprint density at radius 2 is 1.56 bits per heavy atom. The highest BCUT2D eigenvalue weighted by Crippen LogP contribution is 2.30. The molecule has 15 heteroatoms. The minimum atomic E-state index is -1.10. The summed E-state index contributed by atoms with van der Waals surface area (Å²) in [6, 6.07) is -3.20. The second kappa shape index (κ2) is 25.1. The number of methoxy groups -OCH3 is 2. The fourth-order valence-corrected chi connectivity index (χ4v) is 9.52. The third kappa shape index (κ3) is 14.3.